The van der Waals surface area contributed by atoms with Crippen molar-refractivity contribution in [3.63, 3.8) is 0 Å². The highest BCUT2D eigenvalue weighted by molar-refractivity contribution is 9.10. The number of hydrogen-bond donors (Lipinski definition) is 3. The molecule has 0 bridgehead atoms. The number of hydrogen-bond acceptors (Lipinski definition) is 5. The molecule has 0 atom stereocenters. The number of anilines is 1. The van der Waals surface area contributed by atoms with Gasteiger partial charge in [-0.2, -0.15) is 10.5 Å². The number of H-pyrrole nitrogens is 1. The fourth-order valence-electron chi connectivity index (χ4n) is 1.85. The van der Waals surface area contributed by atoms with E-state index in [1.54, 1.807) is 12.1 Å². The number of aromatic nitrogens is 1. The summed E-state index contributed by atoms with van der Waals surface area (Å²) in [6, 6.07) is 5.60. The number of aromatic amines is 1. The second-order valence-electron chi connectivity index (χ2n) is 3.97. The molecule has 0 spiro atoms. The Hall–Kier alpha value is -2.84. The minimum atomic E-state index is -0.802. The molecule has 0 saturated heterocycles. The highest BCUT2D eigenvalue weighted by Gasteiger charge is 2.22. The third-order valence-corrected chi connectivity index (χ3v) is 3.56. The maximum Gasteiger partial charge on any atom is 0.268 e. The number of nitrogen functional groups attached to an aromatic ring is 1. The molecule has 2 aromatic rings. The first-order chi connectivity index (χ1) is 9.92. The van der Waals surface area contributed by atoms with Gasteiger partial charge in [0.05, 0.1) is 4.47 Å². The van der Waals surface area contributed by atoms with Gasteiger partial charge in [0.1, 0.15) is 40.6 Å². The summed E-state index contributed by atoms with van der Waals surface area (Å²) in [7, 11) is 0. The Labute approximate surface area is 126 Å². The largest absolute Gasteiger partial charge is 0.506 e. The molecule has 1 aromatic carbocycles. The van der Waals surface area contributed by atoms with Crippen molar-refractivity contribution in [1.29, 1.82) is 10.5 Å². The minimum Gasteiger partial charge on any atom is -0.506 e. The molecule has 21 heavy (non-hydrogen) atoms. The van der Waals surface area contributed by atoms with Crippen LogP contribution in [0.4, 0.5) is 10.2 Å². The van der Waals surface area contributed by atoms with Crippen molar-refractivity contribution >= 4 is 21.7 Å². The predicted octanol–water partition coefficient (Wildman–Crippen LogP) is 1.97. The van der Waals surface area contributed by atoms with Crippen LogP contribution in [-0.2, 0) is 0 Å². The molecule has 8 heteroatoms. The van der Waals surface area contributed by atoms with Crippen LogP contribution in [0.15, 0.2) is 21.4 Å². The van der Waals surface area contributed by atoms with Crippen LogP contribution in [-0.4, -0.2) is 10.1 Å². The van der Waals surface area contributed by atoms with E-state index >= 15 is 0 Å². The fourth-order valence-corrected chi connectivity index (χ4v) is 2.20. The highest BCUT2D eigenvalue weighted by atomic mass is 79.9. The molecule has 0 aliphatic carbocycles. The first-order valence-electron chi connectivity index (χ1n) is 5.45. The van der Waals surface area contributed by atoms with Crippen molar-refractivity contribution in [1.82, 2.24) is 4.98 Å². The Morgan fingerprint density at radius 2 is 1.90 bits per heavy atom. The van der Waals surface area contributed by atoms with Gasteiger partial charge < -0.3 is 15.8 Å². The number of nitrogens with one attached hydrogen (secondary N) is 1. The minimum absolute atomic E-state index is 0.0471. The maximum absolute atomic E-state index is 13.4. The smallest absolute Gasteiger partial charge is 0.268 e. The van der Waals surface area contributed by atoms with Gasteiger partial charge >= 0.3 is 0 Å². The average molecular weight is 349 g/mol. The lowest BCUT2D eigenvalue weighted by Gasteiger charge is -2.11. The number of phenols is 1. The van der Waals surface area contributed by atoms with Crippen molar-refractivity contribution in [3.05, 3.63) is 43.9 Å². The van der Waals surface area contributed by atoms with Crippen LogP contribution in [0, 0.1) is 28.5 Å². The van der Waals surface area contributed by atoms with Crippen LogP contribution < -0.4 is 11.3 Å². The lowest BCUT2D eigenvalue weighted by atomic mass is 9.96. The third kappa shape index (κ3) is 2.22. The zero-order valence-electron chi connectivity index (χ0n) is 10.2. The van der Waals surface area contributed by atoms with Gasteiger partial charge in [0.15, 0.2) is 0 Å². The summed E-state index contributed by atoms with van der Waals surface area (Å²) in [6.45, 7) is 0. The predicted molar refractivity (Wildman–Crippen MR) is 75.7 cm³/mol. The first-order valence-corrected chi connectivity index (χ1v) is 6.25. The van der Waals surface area contributed by atoms with Crippen molar-refractivity contribution in [3.8, 4) is 29.0 Å². The Balaban J connectivity index is 3.01. The fraction of sp³-hybridized carbons (Fsp3) is 0. The first kappa shape index (κ1) is 14.6. The average Bonchev–Trinajstić information content (AvgIpc) is 2.44. The molecule has 1 heterocycles. The van der Waals surface area contributed by atoms with Crippen LogP contribution in [0.1, 0.15) is 11.1 Å². The topological polar surface area (TPSA) is 127 Å². The zero-order chi connectivity index (χ0) is 15.7. The van der Waals surface area contributed by atoms with Crippen molar-refractivity contribution in [2.24, 2.45) is 0 Å². The number of nitriles is 2. The molecule has 0 aliphatic rings. The summed E-state index contributed by atoms with van der Waals surface area (Å²) in [5.41, 5.74) is 3.99. The van der Waals surface area contributed by atoms with Crippen LogP contribution in [0.3, 0.4) is 0 Å². The lowest BCUT2D eigenvalue weighted by Crippen LogP contribution is -2.16. The number of nitrogens with zero attached hydrogens (tertiary/aromatic N) is 2. The van der Waals surface area contributed by atoms with Gasteiger partial charge in [-0.3, -0.25) is 4.79 Å². The number of aromatic hydroxyl groups is 1. The molecule has 2 rings (SSSR count). The lowest BCUT2D eigenvalue weighted by molar-refractivity contribution is 0.466. The third-order valence-electron chi connectivity index (χ3n) is 2.81. The summed E-state index contributed by atoms with van der Waals surface area (Å²) < 4.78 is 13.1. The van der Waals surface area contributed by atoms with Gasteiger partial charge in [0.25, 0.3) is 5.56 Å². The van der Waals surface area contributed by atoms with E-state index < -0.39 is 22.7 Å². The van der Waals surface area contributed by atoms with Crippen LogP contribution in [0.5, 0.6) is 5.75 Å². The number of phenolic OH excluding ortho intramolecular Hbond substituents is 1. The Kier molecular flexibility index (Phi) is 3.66. The number of halogens is 2. The summed E-state index contributed by atoms with van der Waals surface area (Å²) >= 11 is 2.85. The summed E-state index contributed by atoms with van der Waals surface area (Å²) in [4.78, 5) is 13.9. The molecule has 0 fully saturated rings. The second kappa shape index (κ2) is 5.27. The van der Waals surface area contributed by atoms with Crippen LogP contribution >= 0.6 is 15.9 Å². The van der Waals surface area contributed by atoms with E-state index in [4.69, 9.17) is 16.3 Å². The van der Waals surface area contributed by atoms with E-state index in [9.17, 15) is 14.3 Å². The summed E-state index contributed by atoms with van der Waals surface area (Å²) in [5.74, 6) is -1.50. The number of pyridine rings is 1. The van der Waals surface area contributed by atoms with Gasteiger partial charge in [0.2, 0.25) is 0 Å². The summed E-state index contributed by atoms with van der Waals surface area (Å²) in [6.07, 6.45) is 0. The van der Waals surface area contributed by atoms with Gasteiger partial charge in [-0.15, -0.1) is 0 Å². The number of benzene rings is 1. The molecule has 104 valence electrons. The van der Waals surface area contributed by atoms with E-state index in [2.05, 4.69) is 20.9 Å². The molecular weight excluding hydrogens is 343 g/mol. The number of rotatable bonds is 1. The number of nitrogens with two attached hydrogens (primary N) is 1. The van der Waals surface area contributed by atoms with E-state index in [1.807, 2.05) is 0 Å². The zero-order valence-corrected chi connectivity index (χ0v) is 11.8. The molecule has 0 radical (unpaired) electrons. The van der Waals surface area contributed by atoms with Gasteiger partial charge in [-0.25, -0.2) is 4.39 Å². The Morgan fingerprint density at radius 1 is 1.29 bits per heavy atom. The van der Waals surface area contributed by atoms with Crippen molar-refractivity contribution < 1.29 is 9.50 Å². The summed E-state index contributed by atoms with van der Waals surface area (Å²) in [5, 5.41) is 28.3. The van der Waals surface area contributed by atoms with E-state index in [0.29, 0.717) is 0 Å². The Bertz CT molecular complexity index is 893. The van der Waals surface area contributed by atoms with Crippen molar-refractivity contribution in [2.45, 2.75) is 0 Å². The maximum atomic E-state index is 13.4. The van der Waals surface area contributed by atoms with E-state index in [0.717, 1.165) is 12.1 Å². The Morgan fingerprint density at radius 3 is 2.48 bits per heavy atom. The molecule has 0 aliphatic heterocycles. The van der Waals surface area contributed by atoms with E-state index in [-0.39, 0.29) is 27.0 Å². The SMILES string of the molecule is N#Cc1c(N)[nH]c(=O)c(C#N)c1-c1ccc(F)c(Br)c1O. The molecule has 0 amide bonds. The van der Waals surface area contributed by atoms with Gasteiger partial charge in [0, 0.05) is 11.1 Å². The molecule has 0 saturated carbocycles. The molecule has 6 nitrogen and oxygen atoms in total. The highest BCUT2D eigenvalue weighted by Crippen LogP contribution is 2.39. The van der Waals surface area contributed by atoms with Crippen LogP contribution in [0.2, 0.25) is 0 Å². The monoisotopic (exact) mass is 348 g/mol. The normalized spacial score (nSPS) is 9.90. The molecule has 0 unspecified atom stereocenters. The van der Waals surface area contributed by atoms with Gasteiger partial charge in [-0.05, 0) is 28.1 Å². The molecular formula is C13H6BrFN4O2. The molecule has 4 N–H and O–H groups in total. The van der Waals surface area contributed by atoms with Gasteiger partial charge in [-0.1, -0.05) is 0 Å². The molecule has 1 aromatic heterocycles. The standard InChI is InChI=1S/C13H6BrFN4O2/c14-10-8(15)2-1-5(11(10)20)9-6(3-16)12(18)19-13(21)7(9)4-17/h1-2,20H,(H3,18,19,21). The quantitative estimate of drug-likeness (QED) is 0.725. The van der Waals surface area contributed by atoms with E-state index in [1.165, 1.54) is 0 Å². The second-order valence-corrected chi connectivity index (χ2v) is 4.77. The van der Waals surface area contributed by atoms with Crippen molar-refractivity contribution in [2.75, 3.05) is 5.73 Å². The van der Waals surface area contributed by atoms with Crippen LogP contribution in [0.25, 0.3) is 11.1 Å².